The summed E-state index contributed by atoms with van der Waals surface area (Å²) in [5, 5.41) is 5.14. The van der Waals surface area contributed by atoms with Crippen molar-refractivity contribution in [1.82, 2.24) is 10.6 Å². The van der Waals surface area contributed by atoms with Gasteiger partial charge in [-0.25, -0.2) is 0 Å². The Morgan fingerprint density at radius 3 is 2.35 bits per heavy atom. The highest BCUT2D eigenvalue weighted by Crippen LogP contribution is 2.43. The van der Waals surface area contributed by atoms with Crippen molar-refractivity contribution >= 4 is 5.91 Å². The third-order valence-corrected chi connectivity index (χ3v) is 3.45. The second-order valence-corrected chi connectivity index (χ2v) is 4.49. The molecule has 1 amide bonds. The van der Waals surface area contributed by atoms with Crippen LogP contribution in [0.1, 0.15) is 33.1 Å². The van der Waals surface area contributed by atoms with Gasteiger partial charge < -0.3 is 10.6 Å². The second kappa shape index (κ2) is 5.25. The van der Waals surface area contributed by atoms with E-state index in [1.807, 2.05) is 13.8 Å². The quantitative estimate of drug-likeness (QED) is 0.801. The van der Waals surface area contributed by atoms with Crippen LogP contribution >= 0.6 is 0 Å². The largest absolute Gasteiger partial charge is 0.404 e. The Kier molecular flexibility index (Phi) is 4.41. The fourth-order valence-electron chi connectivity index (χ4n) is 2.07. The minimum atomic E-state index is -4.49. The molecule has 0 aromatic heterocycles. The summed E-state index contributed by atoms with van der Waals surface area (Å²) in [6.07, 6.45) is -3.39. The zero-order valence-electron chi connectivity index (χ0n) is 10.2. The summed E-state index contributed by atoms with van der Waals surface area (Å²) in [6.45, 7) is 3.61. The molecule has 1 aliphatic heterocycles. The first kappa shape index (κ1) is 14.3. The Morgan fingerprint density at radius 1 is 1.41 bits per heavy atom. The number of nitrogens with one attached hydrogen (secondary N) is 2. The molecule has 1 saturated heterocycles. The van der Waals surface area contributed by atoms with Gasteiger partial charge in [-0.2, -0.15) is 13.2 Å². The van der Waals surface area contributed by atoms with E-state index in [9.17, 15) is 18.0 Å². The van der Waals surface area contributed by atoms with E-state index < -0.39 is 17.5 Å². The Morgan fingerprint density at radius 2 is 2.00 bits per heavy atom. The SMILES string of the molecule is CCC(CC)NC(=O)C1(C(F)(F)F)CCNC1. The van der Waals surface area contributed by atoms with Gasteiger partial charge in [-0.1, -0.05) is 13.8 Å². The molecular weight excluding hydrogens is 233 g/mol. The van der Waals surface area contributed by atoms with Crippen molar-refractivity contribution < 1.29 is 18.0 Å². The molecule has 6 heteroatoms. The molecular formula is C11H19F3N2O. The highest BCUT2D eigenvalue weighted by Gasteiger charge is 2.61. The van der Waals surface area contributed by atoms with Gasteiger partial charge in [0.1, 0.15) is 0 Å². The highest BCUT2D eigenvalue weighted by atomic mass is 19.4. The summed E-state index contributed by atoms with van der Waals surface area (Å²) in [4.78, 5) is 11.9. The summed E-state index contributed by atoms with van der Waals surface area (Å²) >= 11 is 0. The number of alkyl halides is 3. The number of carbonyl (C=O) groups is 1. The van der Waals surface area contributed by atoms with E-state index >= 15 is 0 Å². The lowest BCUT2D eigenvalue weighted by Crippen LogP contribution is -2.54. The smallest absolute Gasteiger partial charge is 0.353 e. The lowest BCUT2D eigenvalue weighted by atomic mass is 9.84. The highest BCUT2D eigenvalue weighted by molar-refractivity contribution is 5.84. The third-order valence-electron chi connectivity index (χ3n) is 3.45. The number of halogens is 3. The Balaban J connectivity index is 2.82. The van der Waals surface area contributed by atoms with Crippen molar-refractivity contribution in [2.45, 2.75) is 45.3 Å². The van der Waals surface area contributed by atoms with E-state index in [1.165, 1.54) is 0 Å². The number of rotatable bonds is 4. The summed E-state index contributed by atoms with van der Waals surface area (Å²) < 4.78 is 39.1. The van der Waals surface area contributed by atoms with E-state index in [0.29, 0.717) is 12.8 Å². The zero-order valence-corrected chi connectivity index (χ0v) is 10.2. The van der Waals surface area contributed by atoms with Crippen molar-refractivity contribution in [1.29, 1.82) is 0 Å². The molecule has 1 unspecified atom stereocenters. The first-order valence-electron chi connectivity index (χ1n) is 5.95. The molecule has 0 saturated carbocycles. The van der Waals surface area contributed by atoms with Crippen molar-refractivity contribution in [3.05, 3.63) is 0 Å². The number of amides is 1. The predicted molar refractivity (Wildman–Crippen MR) is 58.5 cm³/mol. The molecule has 17 heavy (non-hydrogen) atoms. The van der Waals surface area contributed by atoms with Crippen molar-refractivity contribution in [3.63, 3.8) is 0 Å². The van der Waals surface area contributed by atoms with Crippen LogP contribution in [0.25, 0.3) is 0 Å². The van der Waals surface area contributed by atoms with Crippen LogP contribution in [0.4, 0.5) is 13.2 Å². The van der Waals surface area contributed by atoms with Gasteiger partial charge in [0, 0.05) is 12.6 Å². The van der Waals surface area contributed by atoms with Crippen molar-refractivity contribution in [3.8, 4) is 0 Å². The number of hydrogen-bond donors (Lipinski definition) is 2. The average molecular weight is 252 g/mol. The molecule has 0 aliphatic carbocycles. The Bertz CT molecular complexity index is 268. The molecule has 0 aromatic rings. The van der Waals surface area contributed by atoms with Gasteiger partial charge in [-0.05, 0) is 25.8 Å². The zero-order chi connectivity index (χ0) is 13.1. The van der Waals surface area contributed by atoms with Gasteiger partial charge in [-0.3, -0.25) is 4.79 Å². The standard InChI is InChI=1S/C11H19F3N2O/c1-3-8(4-2)16-9(17)10(11(12,13)14)5-6-15-7-10/h8,15H,3-7H2,1-2H3,(H,16,17). The van der Waals surface area contributed by atoms with E-state index in [2.05, 4.69) is 10.6 Å². The lowest BCUT2D eigenvalue weighted by molar-refractivity contribution is -0.216. The average Bonchev–Trinajstić information content (AvgIpc) is 2.74. The van der Waals surface area contributed by atoms with Crippen molar-refractivity contribution in [2.75, 3.05) is 13.1 Å². The maximum Gasteiger partial charge on any atom is 0.404 e. The molecule has 1 aliphatic rings. The van der Waals surface area contributed by atoms with Crippen LogP contribution < -0.4 is 10.6 Å². The van der Waals surface area contributed by atoms with Gasteiger partial charge in [-0.15, -0.1) is 0 Å². The molecule has 1 heterocycles. The van der Waals surface area contributed by atoms with Gasteiger partial charge in [0.25, 0.3) is 0 Å². The Hall–Kier alpha value is -0.780. The monoisotopic (exact) mass is 252 g/mol. The van der Waals surface area contributed by atoms with Crippen LogP contribution in [0.2, 0.25) is 0 Å². The van der Waals surface area contributed by atoms with Crippen LogP contribution in [0.15, 0.2) is 0 Å². The van der Waals surface area contributed by atoms with Gasteiger partial charge in [0.2, 0.25) is 5.91 Å². The summed E-state index contributed by atoms with van der Waals surface area (Å²) in [7, 11) is 0. The topological polar surface area (TPSA) is 41.1 Å². The van der Waals surface area contributed by atoms with Gasteiger partial charge in [0.15, 0.2) is 5.41 Å². The summed E-state index contributed by atoms with van der Waals surface area (Å²) in [6, 6.07) is -0.178. The molecule has 1 atom stereocenters. The summed E-state index contributed by atoms with van der Waals surface area (Å²) in [5.74, 6) is -0.885. The summed E-state index contributed by atoms with van der Waals surface area (Å²) in [5.41, 5.74) is -2.24. The van der Waals surface area contributed by atoms with E-state index in [4.69, 9.17) is 0 Å². The fourth-order valence-corrected chi connectivity index (χ4v) is 2.07. The molecule has 0 bridgehead atoms. The van der Waals surface area contributed by atoms with Crippen LogP contribution in [0, 0.1) is 5.41 Å². The minimum Gasteiger partial charge on any atom is -0.353 e. The third kappa shape index (κ3) is 2.73. The van der Waals surface area contributed by atoms with Crippen LogP contribution in [-0.4, -0.2) is 31.2 Å². The van der Waals surface area contributed by atoms with Crippen LogP contribution in [0.3, 0.4) is 0 Å². The molecule has 1 fully saturated rings. The predicted octanol–water partition coefficient (Wildman–Crippen LogP) is 1.83. The number of hydrogen-bond acceptors (Lipinski definition) is 2. The maximum atomic E-state index is 13.0. The Labute approximate surface area is 99.1 Å². The molecule has 100 valence electrons. The normalized spacial score (nSPS) is 25.3. The maximum absolute atomic E-state index is 13.0. The molecule has 0 spiro atoms. The molecule has 1 rings (SSSR count). The molecule has 2 N–H and O–H groups in total. The lowest BCUT2D eigenvalue weighted by Gasteiger charge is -2.31. The van der Waals surface area contributed by atoms with E-state index in [1.54, 1.807) is 0 Å². The number of carbonyl (C=O) groups excluding carboxylic acids is 1. The van der Waals surface area contributed by atoms with Crippen molar-refractivity contribution in [2.24, 2.45) is 5.41 Å². The first-order valence-corrected chi connectivity index (χ1v) is 5.95. The molecule has 0 radical (unpaired) electrons. The second-order valence-electron chi connectivity index (χ2n) is 4.49. The van der Waals surface area contributed by atoms with Crippen LogP contribution in [0.5, 0.6) is 0 Å². The van der Waals surface area contributed by atoms with E-state index in [0.717, 1.165) is 0 Å². The first-order chi connectivity index (χ1) is 7.87. The molecule has 0 aromatic carbocycles. The van der Waals surface area contributed by atoms with E-state index in [-0.39, 0.29) is 25.6 Å². The minimum absolute atomic E-state index is 0.178. The van der Waals surface area contributed by atoms with Gasteiger partial charge >= 0.3 is 6.18 Å². The fraction of sp³-hybridized carbons (Fsp3) is 0.909. The molecule has 3 nitrogen and oxygen atoms in total. The van der Waals surface area contributed by atoms with Crippen LogP contribution in [-0.2, 0) is 4.79 Å². The van der Waals surface area contributed by atoms with Gasteiger partial charge in [0.05, 0.1) is 0 Å².